The maximum absolute atomic E-state index is 10.6. The molecule has 0 bridgehead atoms. The van der Waals surface area contributed by atoms with E-state index in [-0.39, 0.29) is 6.10 Å². The molecule has 1 aliphatic rings. The lowest BCUT2D eigenvalue weighted by Crippen LogP contribution is -2.34. The molecule has 0 aliphatic heterocycles. The van der Waals surface area contributed by atoms with Gasteiger partial charge >= 0.3 is 0 Å². The molecule has 3 aromatic rings. The van der Waals surface area contributed by atoms with Crippen LogP contribution in [0.2, 0.25) is 0 Å². The van der Waals surface area contributed by atoms with Crippen LogP contribution >= 0.6 is 0 Å². The molecule has 33 heavy (non-hydrogen) atoms. The summed E-state index contributed by atoms with van der Waals surface area (Å²) < 4.78 is 13.7. The zero-order valence-corrected chi connectivity index (χ0v) is 19.9. The van der Waals surface area contributed by atoms with Gasteiger partial charge in [-0.15, -0.1) is 0 Å². The third kappa shape index (κ3) is 5.95. The van der Waals surface area contributed by atoms with Gasteiger partial charge in [-0.3, -0.25) is 4.90 Å². The van der Waals surface area contributed by atoms with Crippen LogP contribution in [0.3, 0.4) is 0 Å². The summed E-state index contributed by atoms with van der Waals surface area (Å²) in [5.74, 6) is 2.16. The minimum Gasteiger partial charge on any atom is -0.497 e. The standard InChI is InChI=1S/C27H35N3O3/c1-4-5-12-23(31)18-29(21-15-16-21)19-26-20(2)28-30(22-10-7-6-8-11-22)27(26)33-25-14-9-13-24(17-25)32-3/h6-11,13-14,17,21,23,31H,4-5,12,15-16,18-19H2,1-3H3. The van der Waals surface area contributed by atoms with E-state index >= 15 is 0 Å². The predicted molar refractivity (Wildman–Crippen MR) is 130 cm³/mol. The van der Waals surface area contributed by atoms with E-state index in [1.165, 1.54) is 12.8 Å². The lowest BCUT2D eigenvalue weighted by atomic mass is 10.1. The number of para-hydroxylation sites is 1. The van der Waals surface area contributed by atoms with Crippen molar-refractivity contribution >= 4 is 0 Å². The van der Waals surface area contributed by atoms with Crippen LogP contribution in [0, 0.1) is 6.92 Å². The summed E-state index contributed by atoms with van der Waals surface area (Å²) in [6.45, 7) is 5.58. The summed E-state index contributed by atoms with van der Waals surface area (Å²) in [6.07, 6.45) is 5.04. The number of methoxy groups -OCH3 is 1. The molecule has 1 saturated carbocycles. The van der Waals surface area contributed by atoms with Gasteiger partial charge in [-0.2, -0.15) is 5.10 Å². The van der Waals surface area contributed by atoms with E-state index in [1.54, 1.807) is 7.11 Å². The van der Waals surface area contributed by atoms with Crippen molar-refractivity contribution in [2.24, 2.45) is 0 Å². The Morgan fingerprint density at radius 2 is 1.88 bits per heavy atom. The van der Waals surface area contributed by atoms with Crippen LogP contribution in [0.25, 0.3) is 5.69 Å². The second kappa shape index (κ2) is 10.9. The molecular weight excluding hydrogens is 414 g/mol. The third-order valence-corrected chi connectivity index (χ3v) is 6.15. The largest absolute Gasteiger partial charge is 0.497 e. The van der Waals surface area contributed by atoms with Gasteiger partial charge in [0.15, 0.2) is 0 Å². The van der Waals surface area contributed by atoms with Gasteiger partial charge in [-0.05, 0) is 50.5 Å². The summed E-state index contributed by atoms with van der Waals surface area (Å²) in [5, 5.41) is 15.5. The fraction of sp³-hybridized carbons (Fsp3) is 0.444. The van der Waals surface area contributed by atoms with Crippen LogP contribution in [0.5, 0.6) is 17.4 Å². The molecule has 1 N–H and O–H groups in total. The Balaban J connectivity index is 1.66. The molecule has 1 aromatic heterocycles. The third-order valence-electron chi connectivity index (χ3n) is 6.15. The molecule has 1 aliphatic carbocycles. The first-order chi connectivity index (χ1) is 16.1. The highest BCUT2D eigenvalue weighted by atomic mass is 16.5. The minimum atomic E-state index is -0.308. The Morgan fingerprint density at radius 3 is 2.58 bits per heavy atom. The molecule has 1 unspecified atom stereocenters. The van der Waals surface area contributed by atoms with E-state index in [9.17, 15) is 5.11 Å². The summed E-state index contributed by atoms with van der Waals surface area (Å²) >= 11 is 0. The quantitative estimate of drug-likeness (QED) is 0.396. The van der Waals surface area contributed by atoms with E-state index in [2.05, 4.69) is 11.8 Å². The summed E-state index contributed by atoms with van der Waals surface area (Å²) in [4.78, 5) is 2.40. The first-order valence-corrected chi connectivity index (χ1v) is 12.0. The average Bonchev–Trinajstić information content (AvgIpc) is 3.64. The van der Waals surface area contributed by atoms with Crippen LogP contribution in [0.1, 0.15) is 50.3 Å². The van der Waals surface area contributed by atoms with Crippen molar-refractivity contribution in [2.75, 3.05) is 13.7 Å². The first kappa shape index (κ1) is 23.3. The fourth-order valence-electron chi connectivity index (χ4n) is 4.13. The van der Waals surface area contributed by atoms with Crippen LogP contribution in [0.4, 0.5) is 0 Å². The SMILES string of the molecule is CCCCC(O)CN(Cc1c(C)nn(-c2ccccc2)c1Oc1cccc(OC)c1)C1CC1. The summed E-state index contributed by atoms with van der Waals surface area (Å²) in [7, 11) is 1.65. The Hall–Kier alpha value is -2.83. The number of aliphatic hydroxyl groups excluding tert-OH is 1. The number of unbranched alkanes of at least 4 members (excludes halogenated alkanes) is 1. The van der Waals surface area contributed by atoms with Gasteiger partial charge in [0.05, 0.1) is 30.2 Å². The van der Waals surface area contributed by atoms with Crippen molar-refractivity contribution in [1.29, 1.82) is 0 Å². The molecule has 1 heterocycles. The maximum atomic E-state index is 10.6. The van der Waals surface area contributed by atoms with E-state index in [0.29, 0.717) is 30.8 Å². The number of aliphatic hydroxyl groups is 1. The normalized spacial score (nSPS) is 14.5. The number of hydrogen-bond donors (Lipinski definition) is 1. The molecule has 1 atom stereocenters. The molecule has 6 heteroatoms. The molecule has 6 nitrogen and oxygen atoms in total. The van der Waals surface area contributed by atoms with E-state index in [0.717, 1.165) is 42.0 Å². The van der Waals surface area contributed by atoms with Gasteiger partial charge in [0.1, 0.15) is 11.5 Å². The van der Waals surface area contributed by atoms with Crippen molar-refractivity contribution in [1.82, 2.24) is 14.7 Å². The highest BCUT2D eigenvalue weighted by Crippen LogP contribution is 2.35. The number of aryl methyl sites for hydroxylation is 1. The highest BCUT2D eigenvalue weighted by Gasteiger charge is 2.32. The maximum Gasteiger partial charge on any atom is 0.227 e. The topological polar surface area (TPSA) is 59.8 Å². The number of benzene rings is 2. The van der Waals surface area contributed by atoms with Crippen molar-refractivity contribution in [2.45, 2.75) is 64.6 Å². The Labute approximate surface area is 196 Å². The van der Waals surface area contributed by atoms with E-state index < -0.39 is 0 Å². The smallest absolute Gasteiger partial charge is 0.227 e. The Morgan fingerprint density at radius 1 is 1.12 bits per heavy atom. The van der Waals surface area contributed by atoms with Gasteiger partial charge in [0.25, 0.3) is 0 Å². The predicted octanol–water partition coefficient (Wildman–Crippen LogP) is 5.50. The number of hydrogen-bond acceptors (Lipinski definition) is 5. The number of nitrogens with zero attached hydrogens (tertiary/aromatic N) is 3. The zero-order chi connectivity index (χ0) is 23.2. The number of aromatic nitrogens is 2. The second-order valence-electron chi connectivity index (χ2n) is 8.85. The van der Waals surface area contributed by atoms with Gasteiger partial charge in [0, 0.05) is 25.2 Å². The van der Waals surface area contributed by atoms with E-state index in [1.807, 2.05) is 66.2 Å². The van der Waals surface area contributed by atoms with Gasteiger partial charge < -0.3 is 14.6 Å². The molecule has 0 amide bonds. The Kier molecular flexibility index (Phi) is 7.68. The lowest BCUT2D eigenvalue weighted by Gasteiger charge is -2.25. The molecule has 2 aromatic carbocycles. The number of rotatable bonds is 12. The van der Waals surface area contributed by atoms with Crippen molar-refractivity contribution in [3.05, 3.63) is 65.9 Å². The van der Waals surface area contributed by atoms with Crippen molar-refractivity contribution in [3.63, 3.8) is 0 Å². The van der Waals surface area contributed by atoms with Gasteiger partial charge in [0.2, 0.25) is 5.88 Å². The van der Waals surface area contributed by atoms with E-state index in [4.69, 9.17) is 14.6 Å². The average molecular weight is 450 g/mol. The van der Waals surface area contributed by atoms with Gasteiger partial charge in [-0.25, -0.2) is 4.68 Å². The molecule has 176 valence electrons. The second-order valence-corrected chi connectivity index (χ2v) is 8.85. The first-order valence-electron chi connectivity index (χ1n) is 12.0. The van der Waals surface area contributed by atoms with Gasteiger partial charge in [-0.1, -0.05) is 44.0 Å². The molecule has 0 spiro atoms. The lowest BCUT2D eigenvalue weighted by molar-refractivity contribution is 0.0949. The number of ether oxygens (including phenoxy) is 2. The molecular formula is C27H35N3O3. The highest BCUT2D eigenvalue weighted by molar-refractivity contribution is 5.44. The molecule has 4 rings (SSSR count). The Bertz CT molecular complexity index is 1030. The minimum absolute atomic E-state index is 0.308. The molecule has 1 fully saturated rings. The van der Waals surface area contributed by atoms with Crippen molar-refractivity contribution in [3.8, 4) is 23.1 Å². The van der Waals surface area contributed by atoms with Crippen molar-refractivity contribution < 1.29 is 14.6 Å². The van der Waals surface area contributed by atoms with Crippen LogP contribution in [-0.4, -0.2) is 45.6 Å². The van der Waals surface area contributed by atoms with Crippen LogP contribution in [-0.2, 0) is 6.54 Å². The van der Waals surface area contributed by atoms with Crippen LogP contribution < -0.4 is 9.47 Å². The monoisotopic (exact) mass is 449 g/mol. The zero-order valence-electron chi connectivity index (χ0n) is 19.9. The summed E-state index contributed by atoms with van der Waals surface area (Å²) in [6, 6.07) is 18.2. The molecule has 0 radical (unpaired) electrons. The summed E-state index contributed by atoms with van der Waals surface area (Å²) in [5.41, 5.74) is 2.94. The van der Waals surface area contributed by atoms with Crippen LogP contribution in [0.15, 0.2) is 54.6 Å². The fourth-order valence-corrected chi connectivity index (χ4v) is 4.13. The molecule has 0 saturated heterocycles.